The van der Waals surface area contributed by atoms with Crippen molar-refractivity contribution in [3.8, 4) is 17.9 Å². The second-order valence-electron chi connectivity index (χ2n) is 4.44. The molecule has 0 unspecified atom stereocenters. The minimum absolute atomic E-state index is 0.153. The summed E-state index contributed by atoms with van der Waals surface area (Å²) in [5, 5.41) is 18.1. The molecule has 1 aliphatic heterocycles. The molecule has 0 saturated heterocycles. The molecule has 98 valence electrons. The molecule has 5 nitrogen and oxygen atoms in total. The van der Waals surface area contributed by atoms with E-state index in [1.165, 1.54) is 6.33 Å². The van der Waals surface area contributed by atoms with E-state index in [2.05, 4.69) is 20.9 Å². The summed E-state index contributed by atoms with van der Waals surface area (Å²) in [6, 6.07) is 7.96. The van der Waals surface area contributed by atoms with Crippen LogP contribution in [0.4, 0.5) is 0 Å². The molecule has 0 atom stereocenters. The fourth-order valence-corrected chi connectivity index (χ4v) is 2.90. The van der Waals surface area contributed by atoms with Gasteiger partial charge in [0.2, 0.25) is 0 Å². The van der Waals surface area contributed by atoms with Crippen molar-refractivity contribution in [1.82, 2.24) is 9.55 Å². The third kappa shape index (κ3) is 2.04. The van der Waals surface area contributed by atoms with E-state index in [-0.39, 0.29) is 11.4 Å². The molecule has 1 aromatic carbocycles. The normalized spacial score (nSPS) is 12.3. The number of hydrogen-bond donors (Lipinski definition) is 0. The molecule has 20 heavy (non-hydrogen) atoms. The molecule has 2 heterocycles. The molecule has 0 radical (unpaired) electrons. The van der Waals surface area contributed by atoms with Gasteiger partial charge in [0, 0.05) is 16.5 Å². The second kappa shape index (κ2) is 4.99. The molecule has 0 aliphatic carbocycles. The molecule has 0 spiro atoms. The van der Waals surface area contributed by atoms with E-state index in [0.717, 1.165) is 27.8 Å². The van der Waals surface area contributed by atoms with Crippen LogP contribution in [-0.4, -0.2) is 16.2 Å². The number of halogens is 1. The predicted molar refractivity (Wildman–Crippen MR) is 74.1 cm³/mol. The van der Waals surface area contributed by atoms with E-state index in [9.17, 15) is 0 Å². The van der Waals surface area contributed by atoms with Crippen LogP contribution in [0.15, 0.2) is 22.9 Å². The molecule has 0 N–H and O–H groups in total. The number of rotatable bonds is 2. The molecule has 0 fully saturated rings. The molecule has 3 rings (SSSR count). The molecule has 1 aromatic heterocycles. The van der Waals surface area contributed by atoms with Gasteiger partial charge in [0.15, 0.2) is 11.4 Å². The Hall–Kier alpha value is -2.31. The molecule has 0 saturated carbocycles. The quantitative estimate of drug-likeness (QED) is 0.848. The van der Waals surface area contributed by atoms with Gasteiger partial charge in [-0.05, 0) is 17.7 Å². The highest BCUT2D eigenvalue weighted by Crippen LogP contribution is 2.33. The van der Waals surface area contributed by atoms with E-state index in [0.29, 0.717) is 13.2 Å². The lowest BCUT2D eigenvalue weighted by atomic mass is 10.1. The summed E-state index contributed by atoms with van der Waals surface area (Å²) in [6.07, 6.45) is 2.40. The van der Waals surface area contributed by atoms with Crippen LogP contribution in [0.1, 0.15) is 22.5 Å². The number of nitriles is 2. The Balaban J connectivity index is 2.03. The average molecular weight is 329 g/mol. The van der Waals surface area contributed by atoms with E-state index < -0.39 is 0 Å². The summed E-state index contributed by atoms with van der Waals surface area (Å²) >= 11 is 3.49. The van der Waals surface area contributed by atoms with Crippen LogP contribution >= 0.6 is 15.9 Å². The molecule has 6 heteroatoms. The largest absolute Gasteiger partial charge is 0.493 e. The summed E-state index contributed by atoms with van der Waals surface area (Å²) < 4.78 is 8.31. The molecule has 0 amide bonds. The SMILES string of the molecule is N#Cc1ncn(Cc2cc(Br)cc3c2OCC3)c1C#N. The van der Waals surface area contributed by atoms with E-state index in [1.54, 1.807) is 4.57 Å². The maximum absolute atomic E-state index is 9.14. The topological polar surface area (TPSA) is 74.6 Å². The Bertz CT molecular complexity index is 767. The maximum Gasteiger partial charge on any atom is 0.176 e. The average Bonchev–Trinajstić information content (AvgIpc) is 3.04. The van der Waals surface area contributed by atoms with Crippen molar-refractivity contribution >= 4 is 15.9 Å². The van der Waals surface area contributed by atoms with Gasteiger partial charge in [-0.3, -0.25) is 0 Å². The number of benzene rings is 1. The first-order valence-corrected chi connectivity index (χ1v) is 6.81. The number of hydrogen-bond acceptors (Lipinski definition) is 4. The van der Waals surface area contributed by atoms with Crippen LogP contribution in [-0.2, 0) is 13.0 Å². The first-order chi connectivity index (χ1) is 9.72. The fraction of sp³-hybridized carbons (Fsp3) is 0.214. The second-order valence-corrected chi connectivity index (χ2v) is 5.36. The Kier molecular flexibility index (Phi) is 3.17. The monoisotopic (exact) mass is 328 g/mol. The minimum Gasteiger partial charge on any atom is -0.493 e. The zero-order valence-corrected chi connectivity index (χ0v) is 12.0. The van der Waals surface area contributed by atoms with Crippen LogP contribution in [0.5, 0.6) is 5.75 Å². The summed E-state index contributed by atoms with van der Waals surface area (Å²) in [5.74, 6) is 0.879. The lowest BCUT2D eigenvalue weighted by Gasteiger charge is -2.10. The molecule has 1 aliphatic rings. The van der Waals surface area contributed by atoms with Crippen molar-refractivity contribution in [3.63, 3.8) is 0 Å². The van der Waals surface area contributed by atoms with Crippen LogP contribution in [0.25, 0.3) is 0 Å². The van der Waals surface area contributed by atoms with Crippen LogP contribution in [0, 0.1) is 22.7 Å². The fourth-order valence-electron chi connectivity index (χ4n) is 2.35. The Morgan fingerprint density at radius 1 is 1.35 bits per heavy atom. The van der Waals surface area contributed by atoms with Gasteiger partial charge in [0.1, 0.15) is 17.9 Å². The predicted octanol–water partition coefficient (Wildman–Crippen LogP) is 2.37. The lowest BCUT2D eigenvalue weighted by molar-refractivity contribution is 0.352. The van der Waals surface area contributed by atoms with Crippen molar-refractivity contribution in [1.29, 1.82) is 10.5 Å². The zero-order valence-electron chi connectivity index (χ0n) is 10.4. The van der Waals surface area contributed by atoms with Crippen LogP contribution in [0.3, 0.4) is 0 Å². The molecule has 2 aromatic rings. The van der Waals surface area contributed by atoms with Gasteiger partial charge in [-0.15, -0.1) is 0 Å². The Morgan fingerprint density at radius 3 is 2.95 bits per heavy atom. The van der Waals surface area contributed by atoms with Gasteiger partial charge in [-0.25, -0.2) is 4.98 Å². The standard InChI is InChI=1S/C14H9BrN4O/c15-11-3-9-1-2-20-14(9)10(4-11)7-19-8-18-12(5-16)13(19)6-17/h3-4,8H,1-2,7H2. The van der Waals surface area contributed by atoms with Crippen molar-refractivity contribution in [2.24, 2.45) is 0 Å². The summed E-state index contributed by atoms with van der Waals surface area (Å²) in [4.78, 5) is 3.94. The highest BCUT2D eigenvalue weighted by atomic mass is 79.9. The van der Waals surface area contributed by atoms with Gasteiger partial charge in [0.05, 0.1) is 19.5 Å². The third-order valence-corrected chi connectivity index (χ3v) is 3.67. The molecular formula is C14H9BrN4O. The summed E-state index contributed by atoms with van der Waals surface area (Å²) in [6.45, 7) is 1.14. The van der Waals surface area contributed by atoms with Gasteiger partial charge < -0.3 is 9.30 Å². The zero-order chi connectivity index (χ0) is 14.1. The third-order valence-electron chi connectivity index (χ3n) is 3.22. The summed E-state index contributed by atoms with van der Waals surface area (Å²) in [7, 11) is 0. The van der Waals surface area contributed by atoms with Crippen LogP contribution < -0.4 is 4.74 Å². The van der Waals surface area contributed by atoms with Gasteiger partial charge in [0.25, 0.3) is 0 Å². The number of aromatic nitrogens is 2. The first-order valence-electron chi connectivity index (χ1n) is 6.02. The van der Waals surface area contributed by atoms with Crippen LogP contribution in [0.2, 0.25) is 0 Å². The first kappa shape index (κ1) is 12.7. The van der Waals surface area contributed by atoms with Crippen molar-refractivity contribution in [3.05, 3.63) is 45.4 Å². The van der Waals surface area contributed by atoms with Crippen molar-refractivity contribution < 1.29 is 4.74 Å². The number of fused-ring (bicyclic) bond motifs is 1. The van der Waals surface area contributed by atoms with E-state index in [4.69, 9.17) is 15.3 Å². The lowest BCUT2D eigenvalue weighted by Crippen LogP contribution is -2.03. The number of imidazole rings is 1. The highest BCUT2D eigenvalue weighted by molar-refractivity contribution is 9.10. The van der Waals surface area contributed by atoms with Gasteiger partial charge in [-0.2, -0.15) is 10.5 Å². The summed E-state index contributed by atoms with van der Waals surface area (Å²) in [5.41, 5.74) is 2.57. The highest BCUT2D eigenvalue weighted by Gasteiger charge is 2.19. The minimum atomic E-state index is 0.153. The maximum atomic E-state index is 9.14. The van der Waals surface area contributed by atoms with E-state index >= 15 is 0 Å². The van der Waals surface area contributed by atoms with Gasteiger partial charge in [-0.1, -0.05) is 15.9 Å². The van der Waals surface area contributed by atoms with Crippen molar-refractivity contribution in [2.75, 3.05) is 6.61 Å². The van der Waals surface area contributed by atoms with Crippen molar-refractivity contribution in [2.45, 2.75) is 13.0 Å². The Labute approximate surface area is 124 Å². The smallest absolute Gasteiger partial charge is 0.176 e. The molecular weight excluding hydrogens is 320 g/mol. The van der Waals surface area contributed by atoms with E-state index in [1.807, 2.05) is 24.3 Å². The number of nitrogens with zero attached hydrogens (tertiary/aromatic N) is 4. The number of ether oxygens (including phenoxy) is 1. The molecule has 0 bridgehead atoms. The van der Waals surface area contributed by atoms with Gasteiger partial charge >= 0.3 is 0 Å². The Morgan fingerprint density at radius 2 is 2.20 bits per heavy atom.